The van der Waals surface area contributed by atoms with Crippen molar-refractivity contribution in [3.63, 3.8) is 0 Å². The van der Waals surface area contributed by atoms with Crippen molar-refractivity contribution in [2.75, 3.05) is 0 Å². The molecule has 3 heterocycles. The van der Waals surface area contributed by atoms with E-state index in [1.54, 1.807) is 11.6 Å². The second-order valence-electron chi connectivity index (χ2n) is 4.69. The van der Waals surface area contributed by atoms with E-state index in [0.717, 1.165) is 26.9 Å². The summed E-state index contributed by atoms with van der Waals surface area (Å²) < 4.78 is 15.9. The zero-order chi connectivity index (χ0) is 17.8. The van der Waals surface area contributed by atoms with Crippen molar-refractivity contribution in [3.05, 3.63) is 48.1 Å². The fourth-order valence-electron chi connectivity index (χ4n) is 2.35. The maximum Gasteiger partial charge on any atom is 0.233 e. The van der Waals surface area contributed by atoms with Crippen molar-refractivity contribution < 1.29 is 4.39 Å². The molecule has 0 fully saturated rings. The van der Waals surface area contributed by atoms with Crippen LogP contribution in [-0.2, 0) is 0 Å². The van der Waals surface area contributed by atoms with E-state index in [1.165, 1.54) is 17.4 Å². The summed E-state index contributed by atoms with van der Waals surface area (Å²) in [6.45, 7) is 4.00. The lowest BCUT2D eigenvalue weighted by molar-refractivity contribution is 0.564. The monoisotopic (exact) mass is 485 g/mol. The molecule has 0 bridgehead atoms. The molecule has 25 heavy (non-hydrogen) atoms. The first-order chi connectivity index (χ1) is 12.3. The van der Waals surface area contributed by atoms with Gasteiger partial charge in [-0.1, -0.05) is 26.0 Å². The molecule has 1 unspecified atom stereocenters. The minimum absolute atomic E-state index is 0.558. The molecule has 0 saturated heterocycles. The summed E-state index contributed by atoms with van der Waals surface area (Å²) in [7, 11) is 0. The number of aromatic nitrogens is 5. The average Bonchev–Trinajstić information content (AvgIpc) is 3.33. The number of hydrogen-bond donors (Lipinski definition) is 0. The summed E-state index contributed by atoms with van der Waals surface area (Å²) in [5.74, 6) is -0.585. The van der Waals surface area contributed by atoms with Crippen molar-refractivity contribution in [3.8, 4) is 22.4 Å². The number of hydrogen-bond acceptors (Lipinski definition) is 5. The van der Waals surface area contributed by atoms with E-state index in [-0.39, 0.29) is 0 Å². The van der Waals surface area contributed by atoms with Crippen molar-refractivity contribution >= 4 is 50.0 Å². The summed E-state index contributed by atoms with van der Waals surface area (Å²) in [4.78, 5) is 4.49. The highest BCUT2D eigenvalue weighted by Crippen LogP contribution is 2.37. The van der Waals surface area contributed by atoms with E-state index in [9.17, 15) is 4.39 Å². The third kappa shape index (κ3) is 3.70. The van der Waals surface area contributed by atoms with Gasteiger partial charge in [-0.3, -0.25) is 0 Å². The topological polar surface area (TPSA) is 56.5 Å². The number of nitrogens with zero attached hydrogens (tertiary/aromatic N) is 5. The molecule has 0 aliphatic carbocycles. The minimum Gasteiger partial charge on any atom is -0.245 e. The third-order valence-corrected chi connectivity index (χ3v) is 6.13. The maximum atomic E-state index is 13.0. The zero-order valence-corrected chi connectivity index (χ0v) is 17.4. The lowest BCUT2D eigenvalue weighted by Crippen LogP contribution is -1.91. The largest absolute Gasteiger partial charge is 0.245 e. The van der Waals surface area contributed by atoms with Gasteiger partial charge in [-0.2, -0.15) is 9.49 Å². The van der Waals surface area contributed by atoms with Crippen LogP contribution in [0.1, 0.15) is 13.8 Å². The van der Waals surface area contributed by atoms with Crippen molar-refractivity contribution in [2.24, 2.45) is 0 Å². The van der Waals surface area contributed by atoms with Gasteiger partial charge in [0.15, 0.2) is 0 Å². The van der Waals surface area contributed by atoms with Gasteiger partial charge >= 0.3 is 0 Å². The highest BCUT2D eigenvalue weighted by molar-refractivity contribution is 14.2. The summed E-state index contributed by atoms with van der Waals surface area (Å²) >= 11 is 3.82. The molecule has 0 aliphatic rings. The molecular weight excluding hydrogens is 471 g/mol. The average molecular weight is 485 g/mol. The van der Waals surface area contributed by atoms with Gasteiger partial charge < -0.3 is 0 Å². The van der Waals surface area contributed by atoms with Gasteiger partial charge in [0.25, 0.3) is 0 Å². The van der Waals surface area contributed by atoms with Gasteiger partial charge in [-0.15, -0.1) is 21.5 Å². The fraction of sp³-hybridized carbons (Fsp3) is 0.125. The number of benzene rings is 1. The highest BCUT2D eigenvalue weighted by atomic mass is 127. The lowest BCUT2D eigenvalue weighted by atomic mass is 10.0. The Morgan fingerprint density at radius 1 is 1.12 bits per heavy atom. The Morgan fingerprint density at radius 2 is 1.92 bits per heavy atom. The molecule has 4 aromatic rings. The van der Waals surface area contributed by atoms with Crippen LogP contribution >= 0.6 is 39.8 Å². The third-order valence-electron chi connectivity index (χ3n) is 3.37. The Kier molecular flexibility index (Phi) is 6.03. The Bertz CT molecular complexity index is 986. The summed E-state index contributed by atoms with van der Waals surface area (Å²) in [5, 5.41) is 11.8. The summed E-state index contributed by atoms with van der Waals surface area (Å²) in [5.41, 5.74) is 6.30. The molecule has 4 rings (SSSR count). The molecule has 0 spiro atoms. The molecule has 0 radical (unpaired) electrons. The van der Waals surface area contributed by atoms with E-state index in [2.05, 4.69) is 42.3 Å². The quantitative estimate of drug-likeness (QED) is 0.281. The van der Waals surface area contributed by atoms with Crippen LogP contribution in [0.3, 0.4) is 0 Å². The molecule has 5 nitrogen and oxygen atoms in total. The second kappa shape index (κ2) is 8.25. The summed E-state index contributed by atoms with van der Waals surface area (Å²) in [6, 6.07) is 6.92. The predicted octanol–water partition coefficient (Wildman–Crippen LogP) is 5.57. The first-order valence-corrected chi connectivity index (χ1v) is 12.5. The Hall–Kier alpha value is -1.51. The molecule has 0 amide bonds. The molecular formula is C16H14FIN5PS. The van der Waals surface area contributed by atoms with Crippen molar-refractivity contribution in [2.45, 2.75) is 13.8 Å². The molecule has 0 saturated carbocycles. The number of thiazole rings is 1. The second-order valence-corrected chi connectivity index (χ2v) is 7.62. The van der Waals surface area contributed by atoms with E-state index < -0.39 is 5.95 Å². The van der Waals surface area contributed by atoms with Crippen LogP contribution in [0.15, 0.2) is 42.2 Å². The fourth-order valence-corrected chi connectivity index (χ4v) is 4.27. The number of fused-ring (bicyclic) bond motifs is 1. The minimum atomic E-state index is -0.585. The maximum absolute atomic E-state index is 13.0. The number of rotatable bonds is 3. The molecule has 1 atom stereocenters. The van der Waals surface area contributed by atoms with Crippen LogP contribution in [-0.4, -0.2) is 24.7 Å². The van der Waals surface area contributed by atoms with E-state index in [0.29, 0.717) is 12.1 Å². The van der Waals surface area contributed by atoms with Gasteiger partial charge in [0.2, 0.25) is 5.95 Å². The van der Waals surface area contributed by atoms with E-state index >= 15 is 0 Å². The normalized spacial score (nSPS) is 11.0. The standard InChI is InChI=1S/C14H8FIN5PS.C2H6/c15-12-4-3-11(19-20-12)10-2-1-9(13-14(10)23-7-17-13)8-5-18-21(6-8)22-16;1-2/h1-7,22H;1-2H3. The molecule has 1 aromatic carbocycles. The molecule has 128 valence electrons. The molecule has 9 heteroatoms. The predicted molar refractivity (Wildman–Crippen MR) is 111 cm³/mol. The summed E-state index contributed by atoms with van der Waals surface area (Å²) in [6.07, 6.45) is 4.41. The molecule has 3 aromatic heterocycles. The Morgan fingerprint density at radius 3 is 2.60 bits per heavy atom. The van der Waals surface area contributed by atoms with E-state index in [4.69, 9.17) is 0 Å². The Labute approximate surface area is 163 Å². The first-order valence-electron chi connectivity index (χ1n) is 7.54. The van der Waals surface area contributed by atoms with E-state index in [1.807, 2.05) is 42.8 Å². The van der Waals surface area contributed by atoms with Crippen LogP contribution in [0, 0.1) is 5.95 Å². The van der Waals surface area contributed by atoms with Gasteiger partial charge in [-0.25, -0.2) is 9.44 Å². The molecule has 0 aliphatic heterocycles. The zero-order valence-electron chi connectivity index (χ0n) is 13.4. The van der Waals surface area contributed by atoms with Crippen LogP contribution in [0.25, 0.3) is 32.6 Å². The number of halogens is 2. The van der Waals surface area contributed by atoms with Gasteiger partial charge in [-0.05, 0) is 34.2 Å². The van der Waals surface area contributed by atoms with Crippen molar-refractivity contribution in [1.29, 1.82) is 0 Å². The van der Waals surface area contributed by atoms with Crippen LogP contribution < -0.4 is 0 Å². The molecule has 0 N–H and O–H groups in total. The van der Waals surface area contributed by atoms with Crippen LogP contribution in [0.2, 0.25) is 0 Å². The van der Waals surface area contributed by atoms with Crippen LogP contribution in [0.5, 0.6) is 0 Å². The lowest BCUT2D eigenvalue weighted by Gasteiger charge is -2.05. The SMILES string of the molecule is CC.Fc1ccc(-c2ccc(-c3cnn(PI)c3)c3ncsc23)nn1. The highest BCUT2D eigenvalue weighted by Gasteiger charge is 2.14. The van der Waals surface area contributed by atoms with Gasteiger partial charge in [0, 0.05) is 22.9 Å². The van der Waals surface area contributed by atoms with Crippen molar-refractivity contribution in [1.82, 2.24) is 24.7 Å². The van der Waals surface area contributed by atoms with Gasteiger partial charge in [0.05, 0.1) is 34.0 Å². The first kappa shape index (κ1) is 18.3. The van der Waals surface area contributed by atoms with Gasteiger partial charge in [0.1, 0.15) is 0 Å². The Balaban J connectivity index is 0.000000880. The smallest absolute Gasteiger partial charge is 0.233 e. The van der Waals surface area contributed by atoms with Crippen LogP contribution in [0.4, 0.5) is 4.39 Å².